The van der Waals surface area contributed by atoms with Crippen LogP contribution in [-0.2, 0) is 13.6 Å². The number of hydrogen-bond acceptors (Lipinski definition) is 5. The molecule has 7 heteroatoms. The third-order valence-electron chi connectivity index (χ3n) is 2.58. The summed E-state index contributed by atoms with van der Waals surface area (Å²) in [5.41, 5.74) is 2.34. The van der Waals surface area contributed by atoms with Crippen molar-refractivity contribution in [1.29, 1.82) is 0 Å². The second-order valence-electron chi connectivity index (χ2n) is 3.92. The fourth-order valence-corrected chi connectivity index (χ4v) is 1.69. The summed E-state index contributed by atoms with van der Waals surface area (Å²) in [6, 6.07) is 1.59. The number of nitro groups is 1. The molecular formula is C11H13N5O2. The van der Waals surface area contributed by atoms with Gasteiger partial charge in [0.1, 0.15) is 11.9 Å². The van der Waals surface area contributed by atoms with E-state index in [-0.39, 0.29) is 5.69 Å². The highest BCUT2D eigenvalue weighted by atomic mass is 16.6. The normalized spacial score (nSPS) is 10.3. The van der Waals surface area contributed by atoms with Crippen LogP contribution in [0.3, 0.4) is 0 Å². The molecule has 0 atom stereocenters. The Hall–Kier alpha value is -2.44. The summed E-state index contributed by atoms with van der Waals surface area (Å²) >= 11 is 0. The van der Waals surface area contributed by atoms with E-state index in [0.29, 0.717) is 12.2 Å². The van der Waals surface area contributed by atoms with Crippen LogP contribution in [0.5, 0.6) is 0 Å². The molecule has 2 aromatic heterocycles. The average molecular weight is 247 g/mol. The van der Waals surface area contributed by atoms with Gasteiger partial charge in [-0.1, -0.05) is 0 Å². The van der Waals surface area contributed by atoms with Crippen molar-refractivity contribution >= 4 is 11.4 Å². The Morgan fingerprint density at radius 3 is 2.94 bits per heavy atom. The van der Waals surface area contributed by atoms with Gasteiger partial charge in [-0.15, -0.1) is 0 Å². The molecule has 7 nitrogen and oxygen atoms in total. The molecule has 1 N–H and O–H groups in total. The summed E-state index contributed by atoms with van der Waals surface area (Å²) in [6.07, 6.45) is 4.64. The van der Waals surface area contributed by atoms with Gasteiger partial charge in [-0.2, -0.15) is 5.10 Å². The predicted molar refractivity (Wildman–Crippen MR) is 66.2 cm³/mol. The first-order valence-electron chi connectivity index (χ1n) is 5.39. The molecule has 0 aliphatic heterocycles. The topological polar surface area (TPSA) is 85.9 Å². The summed E-state index contributed by atoms with van der Waals surface area (Å²) in [4.78, 5) is 14.1. The third-order valence-corrected chi connectivity index (χ3v) is 2.58. The highest BCUT2D eigenvalue weighted by molar-refractivity contribution is 5.59. The average Bonchev–Trinajstić information content (AvgIpc) is 2.65. The number of aromatic nitrogens is 3. The first-order chi connectivity index (χ1) is 8.58. The molecule has 0 aliphatic rings. The van der Waals surface area contributed by atoms with Crippen LogP contribution in [0.25, 0.3) is 0 Å². The van der Waals surface area contributed by atoms with Crippen molar-refractivity contribution in [2.45, 2.75) is 13.5 Å². The lowest BCUT2D eigenvalue weighted by Crippen LogP contribution is -2.03. The zero-order chi connectivity index (χ0) is 13.1. The van der Waals surface area contributed by atoms with E-state index in [9.17, 15) is 10.1 Å². The van der Waals surface area contributed by atoms with Crippen molar-refractivity contribution in [1.82, 2.24) is 14.8 Å². The van der Waals surface area contributed by atoms with Crippen molar-refractivity contribution in [3.8, 4) is 0 Å². The monoisotopic (exact) mass is 247 g/mol. The van der Waals surface area contributed by atoms with Gasteiger partial charge in [0.2, 0.25) is 0 Å². The van der Waals surface area contributed by atoms with Crippen molar-refractivity contribution in [3.63, 3.8) is 0 Å². The summed E-state index contributed by atoms with van der Waals surface area (Å²) in [5, 5.41) is 18.1. The largest absolute Gasteiger partial charge is 0.375 e. The van der Waals surface area contributed by atoms with Crippen LogP contribution in [0, 0.1) is 17.0 Å². The molecular weight excluding hydrogens is 234 g/mol. The van der Waals surface area contributed by atoms with Gasteiger partial charge in [-0.25, -0.2) is 0 Å². The van der Waals surface area contributed by atoms with Gasteiger partial charge < -0.3 is 5.32 Å². The third kappa shape index (κ3) is 2.45. The van der Waals surface area contributed by atoms with E-state index in [2.05, 4.69) is 15.4 Å². The Morgan fingerprint density at radius 2 is 2.33 bits per heavy atom. The fourth-order valence-electron chi connectivity index (χ4n) is 1.69. The lowest BCUT2D eigenvalue weighted by Gasteiger charge is -2.05. The standard InChI is InChI=1S/C11H13N5O2/c1-8-9(7-15(2)14-8)5-13-10-3-4-12-6-11(10)16(17)18/h3-4,6-7H,5H2,1-2H3,(H,12,13). The molecule has 94 valence electrons. The Kier molecular flexibility index (Phi) is 3.22. The lowest BCUT2D eigenvalue weighted by molar-refractivity contribution is -0.384. The zero-order valence-electron chi connectivity index (χ0n) is 10.1. The van der Waals surface area contributed by atoms with Gasteiger partial charge in [-0.3, -0.25) is 19.8 Å². The predicted octanol–water partition coefficient (Wildman–Crippen LogP) is 1.64. The molecule has 0 bridgehead atoms. The summed E-state index contributed by atoms with van der Waals surface area (Å²) in [6.45, 7) is 2.39. The molecule has 0 aliphatic carbocycles. The van der Waals surface area contributed by atoms with Gasteiger partial charge in [0, 0.05) is 31.5 Å². The molecule has 0 aromatic carbocycles. The zero-order valence-corrected chi connectivity index (χ0v) is 10.1. The lowest BCUT2D eigenvalue weighted by atomic mass is 10.2. The molecule has 0 radical (unpaired) electrons. The van der Waals surface area contributed by atoms with Crippen molar-refractivity contribution in [3.05, 3.63) is 46.0 Å². The molecule has 0 unspecified atom stereocenters. The van der Waals surface area contributed by atoms with Crippen LogP contribution in [0.4, 0.5) is 11.4 Å². The Balaban J connectivity index is 2.15. The number of nitrogens with one attached hydrogen (secondary N) is 1. The number of rotatable bonds is 4. The van der Waals surface area contributed by atoms with Gasteiger partial charge in [0.15, 0.2) is 0 Å². The van der Waals surface area contributed by atoms with Crippen LogP contribution in [0.2, 0.25) is 0 Å². The molecule has 2 heterocycles. The minimum atomic E-state index is -0.453. The molecule has 0 fully saturated rings. The van der Waals surface area contributed by atoms with E-state index in [1.807, 2.05) is 20.2 Å². The van der Waals surface area contributed by atoms with Crippen LogP contribution in [-0.4, -0.2) is 19.7 Å². The van der Waals surface area contributed by atoms with E-state index >= 15 is 0 Å². The Labute approximate surface area is 104 Å². The van der Waals surface area contributed by atoms with Gasteiger partial charge in [0.25, 0.3) is 0 Å². The molecule has 0 spiro atoms. The second kappa shape index (κ2) is 4.82. The molecule has 0 saturated heterocycles. The van der Waals surface area contributed by atoms with E-state index < -0.39 is 4.92 Å². The van der Waals surface area contributed by atoms with E-state index in [1.54, 1.807) is 10.7 Å². The van der Waals surface area contributed by atoms with Gasteiger partial charge >= 0.3 is 5.69 Å². The number of anilines is 1. The van der Waals surface area contributed by atoms with E-state index in [1.165, 1.54) is 12.4 Å². The minimum Gasteiger partial charge on any atom is -0.375 e. The van der Waals surface area contributed by atoms with Crippen LogP contribution in [0.1, 0.15) is 11.3 Å². The van der Waals surface area contributed by atoms with Gasteiger partial charge in [-0.05, 0) is 13.0 Å². The Morgan fingerprint density at radius 1 is 1.56 bits per heavy atom. The first-order valence-corrected chi connectivity index (χ1v) is 5.39. The summed E-state index contributed by atoms with van der Waals surface area (Å²) < 4.78 is 1.72. The van der Waals surface area contributed by atoms with Crippen LogP contribution in [0.15, 0.2) is 24.7 Å². The van der Waals surface area contributed by atoms with Crippen LogP contribution < -0.4 is 5.32 Å². The Bertz CT molecular complexity index is 579. The SMILES string of the molecule is Cc1nn(C)cc1CNc1ccncc1[N+](=O)[O-]. The van der Waals surface area contributed by atoms with E-state index in [4.69, 9.17) is 0 Å². The van der Waals surface area contributed by atoms with E-state index in [0.717, 1.165) is 11.3 Å². The summed E-state index contributed by atoms with van der Waals surface area (Å²) in [5.74, 6) is 0. The molecule has 2 rings (SSSR count). The number of aryl methyl sites for hydroxylation is 2. The maximum absolute atomic E-state index is 10.8. The van der Waals surface area contributed by atoms with Crippen molar-refractivity contribution < 1.29 is 4.92 Å². The number of pyridine rings is 1. The molecule has 18 heavy (non-hydrogen) atoms. The highest BCUT2D eigenvalue weighted by Crippen LogP contribution is 2.22. The fraction of sp³-hybridized carbons (Fsp3) is 0.273. The quantitative estimate of drug-likeness (QED) is 0.655. The molecule has 0 amide bonds. The number of nitrogens with zero attached hydrogens (tertiary/aromatic N) is 4. The second-order valence-corrected chi connectivity index (χ2v) is 3.92. The first kappa shape index (κ1) is 12.0. The summed E-state index contributed by atoms with van der Waals surface area (Å²) in [7, 11) is 1.84. The van der Waals surface area contributed by atoms with Gasteiger partial charge in [0.05, 0.1) is 10.6 Å². The minimum absolute atomic E-state index is 0.0287. The van der Waals surface area contributed by atoms with Crippen LogP contribution >= 0.6 is 0 Å². The maximum Gasteiger partial charge on any atom is 0.310 e. The molecule has 2 aromatic rings. The van der Waals surface area contributed by atoms with Crippen molar-refractivity contribution in [2.75, 3.05) is 5.32 Å². The molecule has 0 saturated carbocycles. The maximum atomic E-state index is 10.8. The highest BCUT2D eigenvalue weighted by Gasteiger charge is 2.13. The smallest absolute Gasteiger partial charge is 0.310 e. The number of hydrogen-bond donors (Lipinski definition) is 1. The van der Waals surface area contributed by atoms with Crippen molar-refractivity contribution in [2.24, 2.45) is 7.05 Å².